The first-order valence-electron chi connectivity index (χ1n) is 13.0. The van der Waals surface area contributed by atoms with Crippen molar-refractivity contribution in [3.05, 3.63) is 156 Å². The molecule has 0 amide bonds. The summed E-state index contributed by atoms with van der Waals surface area (Å²) in [6.07, 6.45) is 0. The van der Waals surface area contributed by atoms with Crippen LogP contribution in [0.25, 0.3) is 54.6 Å². The van der Waals surface area contributed by atoms with Gasteiger partial charge in [0.25, 0.3) is 0 Å². The largest absolute Gasteiger partial charge is 0.0731 e. The average Bonchev–Trinajstić information content (AvgIpc) is 3.43. The van der Waals surface area contributed by atoms with Crippen molar-refractivity contribution in [2.75, 3.05) is 0 Å². The molecule has 0 atom stereocenters. The zero-order valence-corrected chi connectivity index (χ0v) is 20.2. The average molecular weight is 467 g/mol. The minimum absolute atomic E-state index is 0.356. The van der Waals surface area contributed by atoms with E-state index in [1.165, 1.54) is 76.8 Å². The van der Waals surface area contributed by atoms with E-state index in [1.807, 2.05) is 0 Å². The summed E-state index contributed by atoms with van der Waals surface area (Å²) >= 11 is 0. The molecule has 0 bridgehead atoms. The Balaban J connectivity index is 1.63. The molecule has 0 aromatic heterocycles. The van der Waals surface area contributed by atoms with Gasteiger partial charge >= 0.3 is 0 Å². The van der Waals surface area contributed by atoms with Crippen LogP contribution in [0.3, 0.4) is 0 Å². The fourth-order valence-corrected chi connectivity index (χ4v) is 7.50. The van der Waals surface area contributed by atoms with E-state index in [0.717, 1.165) is 0 Å². The van der Waals surface area contributed by atoms with E-state index in [0.29, 0.717) is 0 Å². The lowest BCUT2D eigenvalue weighted by molar-refractivity contribution is 0.803. The first kappa shape index (κ1) is 19.5. The maximum absolute atomic E-state index is 2.48. The molecule has 9 rings (SSSR count). The van der Waals surface area contributed by atoms with E-state index in [-0.39, 0.29) is 5.41 Å². The van der Waals surface area contributed by atoms with Crippen LogP contribution in [0.2, 0.25) is 0 Å². The fourth-order valence-electron chi connectivity index (χ4n) is 7.50. The minimum Gasteiger partial charge on any atom is -0.0619 e. The molecular weight excluding hydrogens is 444 g/mol. The van der Waals surface area contributed by atoms with Crippen molar-refractivity contribution in [3.8, 4) is 22.3 Å². The lowest BCUT2D eigenvalue weighted by atomic mass is 9.69. The van der Waals surface area contributed by atoms with Crippen LogP contribution in [0.15, 0.2) is 133 Å². The van der Waals surface area contributed by atoms with Crippen LogP contribution in [-0.4, -0.2) is 0 Å². The smallest absolute Gasteiger partial charge is 0.0619 e. The van der Waals surface area contributed by atoms with Crippen LogP contribution in [0, 0.1) is 0 Å². The molecule has 170 valence electrons. The lowest BCUT2D eigenvalue weighted by Crippen LogP contribution is -2.26. The number of benzene rings is 7. The van der Waals surface area contributed by atoms with Gasteiger partial charge in [0.2, 0.25) is 0 Å². The quantitative estimate of drug-likeness (QED) is 0.195. The molecule has 0 fully saturated rings. The standard InChI is InChI=1S/C37H22/c1-2-12-24-22-34-31(21-23(24)11-1)35-29-17-5-3-13-25(29)26-14-4-6-18-30(26)36(35)37(34)32-19-9-7-15-27(32)28-16-8-10-20-33(28)37/h1-22H. The third-order valence-corrected chi connectivity index (χ3v) is 8.82. The fraction of sp³-hybridized carbons (Fsp3) is 0.0270. The van der Waals surface area contributed by atoms with E-state index in [9.17, 15) is 0 Å². The van der Waals surface area contributed by atoms with Crippen molar-refractivity contribution in [3.63, 3.8) is 0 Å². The van der Waals surface area contributed by atoms with Crippen molar-refractivity contribution in [2.24, 2.45) is 0 Å². The molecule has 2 aliphatic rings. The maximum Gasteiger partial charge on any atom is 0.0731 e. The molecule has 7 aromatic carbocycles. The van der Waals surface area contributed by atoms with Crippen molar-refractivity contribution < 1.29 is 0 Å². The molecule has 7 aromatic rings. The Labute approximate surface area is 215 Å². The highest BCUT2D eigenvalue weighted by Gasteiger charge is 2.53. The molecule has 0 saturated heterocycles. The molecule has 1 spiro atoms. The van der Waals surface area contributed by atoms with Crippen LogP contribution in [-0.2, 0) is 5.41 Å². The zero-order valence-electron chi connectivity index (χ0n) is 20.2. The third kappa shape index (κ3) is 2.21. The molecule has 0 saturated carbocycles. The monoisotopic (exact) mass is 466 g/mol. The third-order valence-electron chi connectivity index (χ3n) is 8.82. The molecule has 0 nitrogen and oxygen atoms in total. The second-order valence-electron chi connectivity index (χ2n) is 10.4. The second-order valence-corrected chi connectivity index (χ2v) is 10.4. The van der Waals surface area contributed by atoms with Gasteiger partial charge in [0, 0.05) is 0 Å². The molecule has 0 heteroatoms. The van der Waals surface area contributed by atoms with Gasteiger partial charge in [0.1, 0.15) is 0 Å². The number of hydrogen-bond donors (Lipinski definition) is 0. The van der Waals surface area contributed by atoms with Crippen molar-refractivity contribution in [1.29, 1.82) is 0 Å². The summed E-state index contributed by atoms with van der Waals surface area (Å²) < 4.78 is 0. The summed E-state index contributed by atoms with van der Waals surface area (Å²) in [7, 11) is 0. The zero-order chi connectivity index (χ0) is 24.1. The summed E-state index contributed by atoms with van der Waals surface area (Å²) in [5.74, 6) is 0. The summed E-state index contributed by atoms with van der Waals surface area (Å²) in [4.78, 5) is 0. The van der Waals surface area contributed by atoms with E-state index in [2.05, 4.69) is 133 Å². The van der Waals surface area contributed by atoms with Gasteiger partial charge in [0.15, 0.2) is 0 Å². The molecule has 0 unspecified atom stereocenters. The van der Waals surface area contributed by atoms with E-state index < -0.39 is 0 Å². The first-order chi connectivity index (χ1) is 18.4. The number of fused-ring (bicyclic) bond motifs is 16. The lowest BCUT2D eigenvalue weighted by Gasteiger charge is -2.32. The maximum atomic E-state index is 2.48. The van der Waals surface area contributed by atoms with Gasteiger partial charge in [-0.2, -0.15) is 0 Å². The van der Waals surface area contributed by atoms with Crippen molar-refractivity contribution >= 4 is 32.3 Å². The van der Waals surface area contributed by atoms with Crippen molar-refractivity contribution in [2.45, 2.75) is 5.41 Å². The Hall–Kier alpha value is -4.68. The Bertz CT molecular complexity index is 2050. The van der Waals surface area contributed by atoms with Crippen molar-refractivity contribution in [1.82, 2.24) is 0 Å². The van der Waals surface area contributed by atoms with Gasteiger partial charge in [-0.3, -0.25) is 0 Å². The molecule has 0 heterocycles. The van der Waals surface area contributed by atoms with Gasteiger partial charge < -0.3 is 0 Å². The minimum atomic E-state index is -0.356. The van der Waals surface area contributed by atoms with E-state index >= 15 is 0 Å². The van der Waals surface area contributed by atoms with Gasteiger partial charge in [-0.1, -0.05) is 121 Å². The Morgan fingerprint density at radius 1 is 0.351 bits per heavy atom. The molecular formula is C37H22. The molecule has 0 N–H and O–H groups in total. The summed E-state index contributed by atoms with van der Waals surface area (Å²) in [6, 6.07) is 49.9. The Morgan fingerprint density at radius 2 is 0.838 bits per heavy atom. The van der Waals surface area contributed by atoms with E-state index in [4.69, 9.17) is 0 Å². The molecule has 37 heavy (non-hydrogen) atoms. The topological polar surface area (TPSA) is 0 Å². The highest BCUT2D eigenvalue weighted by Crippen LogP contribution is 2.65. The Morgan fingerprint density at radius 3 is 1.51 bits per heavy atom. The second kappa shape index (κ2) is 6.75. The molecule has 0 aliphatic heterocycles. The van der Waals surface area contributed by atoms with Crippen LogP contribution in [0.4, 0.5) is 0 Å². The molecule has 2 aliphatic carbocycles. The van der Waals surface area contributed by atoms with E-state index in [1.54, 1.807) is 0 Å². The predicted molar refractivity (Wildman–Crippen MR) is 155 cm³/mol. The summed E-state index contributed by atoms with van der Waals surface area (Å²) in [5.41, 5.74) is 10.7. The van der Waals surface area contributed by atoms with Gasteiger partial charge in [-0.25, -0.2) is 0 Å². The predicted octanol–water partition coefficient (Wildman–Crippen LogP) is 9.49. The van der Waals surface area contributed by atoms with Crippen LogP contribution >= 0.6 is 0 Å². The SMILES string of the molecule is c1ccc2c(c1)-c1ccccc1C21c2cc3ccccc3cc2-c2c1c1ccccc1c1ccccc21. The normalized spacial score (nSPS) is 14.2. The molecule has 0 radical (unpaired) electrons. The van der Waals surface area contributed by atoms with Gasteiger partial charge in [-0.15, -0.1) is 0 Å². The first-order valence-corrected chi connectivity index (χ1v) is 13.0. The van der Waals surface area contributed by atoms with Gasteiger partial charge in [-0.05, 0) is 89.0 Å². The Kier molecular flexibility index (Phi) is 3.56. The highest BCUT2D eigenvalue weighted by atomic mass is 14.5. The summed E-state index contributed by atoms with van der Waals surface area (Å²) in [6.45, 7) is 0. The van der Waals surface area contributed by atoms with Gasteiger partial charge in [0.05, 0.1) is 5.41 Å². The van der Waals surface area contributed by atoms with Crippen LogP contribution in [0.1, 0.15) is 22.3 Å². The van der Waals surface area contributed by atoms with Crippen LogP contribution < -0.4 is 0 Å². The number of rotatable bonds is 0. The number of hydrogen-bond acceptors (Lipinski definition) is 0. The van der Waals surface area contributed by atoms with Crippen LogP contribution in [0.5, 0.6) is 0 Å². The summed E-state index contributed by atoms with van der Waals surface area (Å²) in [5, 5.41) is 7.93. The highest BCUT2D eigenvalue weighted by molar-refractivity contribution is 6.20.